The SMILES string of the molecule is CC(=O)Nc1nnc(S(=O)(=O)N[C@@H](C)C(=O)N2CCc3ccccc32)s1. The van der Waals surface area contributed by atoms with Crippen LogP contribution in [0.2, 0.25) is 0 Å². The summed E-state index contributed by atoms with van der Waals surface area (Å²) in [6.07, 6.45) is 0.734. The first-order valence-corrected chi connectivity index (χ1v) is 10.1. The van der Waals surface area contributed by atoms with Crippen LogP contribution >= 0.6 is 11.3 Å². The highest BCUT2D eigenvalue weighted by Gasteiger charge is 2.31. The molecular formula is C15H17N5O4S2. The van der Waals surface area contributed by atoms with Crippen LogP contribution in [-0.2, 0) is 26.0 Å². The Kier molecular flexibility index (Phi) is 5.03. The molecule has 26 heavy (non-hydrogen) atoms. The summed E-state index contributed by atoms with van der Waals surface area (Å²) in [5, 5.41) is 9.61. The van der Waals surface area contributed by atoms with Gasteiger partial charge < -0.3 is 10.2 Å². The highest BCUT2D eigenvalue weighted by atomic mass is 32.2. The number of hydrogen-bond acceptors (Lipinski definition) is 7. The Morgan fingerprint density at radius 1 is 1.27 bits per heavy atom. The van der Waals surface area contributed by atoms with Crippen molar-refractivity contribution in [1.29, 1.82) is 0 Å². The number of benzene rings is 1. The average Bonchev–Trinajstić information content (AvgIpc) is 3.20. The molecule has 9 nitrogen and oxygen atoms in total. The smallest absolute Gasteiger partial charge is 0.270 e. The molecule has 0 unspecified atom stereocenters. The zero-order valence-electron chi connectivity index (χ0n) is 14.1. The Bertz CT molecular complexity index is 956. The fraction of sp³-hybridized carbons (Fsp3) is 0.333. The molecule has 2 heterocycles. The first-order valence-electron chi connectivity index (χ1n) is 7.80. The van der Waals surface area contributed by atoms with Gasteiger partial charge in [-0.2, -0.15) is 4.72 Å². The van der Waals surface area contributed by atoms with Crippen LogP contribution < -0.4 is 14.9 Å². The Labute approximate surface area is 154 Å². The van der Waals surface area contributed by atoms with Gasteiger partial charge in [-0.05, 0) is 25.0 Å². The van der Waals surface area contributed by atoms with Crippen molar-refractivity contribution in [2.24, 2.45) is 0 Å². The fourth-order valence-electron chi connectivity index (χ4n) is 2.65. The highest BCUT2D eigenvalue weighted by Crippen LogP contribution is 2.28. The molecule has 1 aromatic carbocycles. The number of nitrogens with zero attached hydrogens (tertiary/aromatic N) is 3. The van der Waals surface area contributed by atoms with Crippen molar-refractivity contribution in [2.45, 2.75) is 30.6 Å². The number of hydrogen-bond donors (Lipinski definition) is 2. The van der Waals surface area contributed by atoms with Gasteiger partial charge in [0, 0.05) is 19.2 Å². The van der Waals surface area contributed by atoms with Crippen LogP contribution in [0.4, 0.5) is 10.8 Å². The van der Waals surface area contributed by atoms with Crippen molar-refractivity contribution in [3.05, 3.63) is 29.8 Å². The van der Waals surface area contributed by atoms with E-state index >= 15 is 0 Å². The molecule has 1 aliphatic rings. The summed E-state index contributed by atoms with van der Waals surface area (Å²) >= 11 is 0.713. The second kappa shape index (κ2) is 7.09. The van der Waals surface area contributed by atoms with Crippen molar-refractivity contribution in [3.8, 4) is 0 Å². The Morgan fingerprint density at radius 2 is 2.00 bits per heavy atom. The third kappa shape index (κ3) is 3.74. The summed E-state index contributed by atoms with van der Waals surface area (Å²) in [7, 11) is -4.03. The van der Waals surface area contributed by atoms with Gasteiger partial charge in [0.25, 0.3) is 10.0 Å². The predicted molar refractivity (Wildman–Crippen MR) is 96.5 cm³/mol. The number of carbonyl (C=O) groups excluding carboxylic acids is 2. The van der Waals surface area contributed by atoms with Gasteiger partial charge in [0.1, 0.15) is 0 Å². The topological polar surface area (TPSA) is 121 Å². The van der Waals surface area contributed by atoms with E-state index in [1.54, 1.807) is 4.90 Å². The summed E-state index contributed by atoms with van der Waals surface area (Å²) in [5.74, 6) is -0.723. The summed E-state index contributed by atoms with van der Waals surface area (Å²) in [4.78, 5) is 25.3. The molecule has 11 heteroatoms. The van der Waals surface area contributed by atoms with Crippen LogP contribution in [-0.4, -0.2) is 43.0 Å². The van der Waals surface area contributed by atoms with Crippen molar-refractivity contribution in [2.75, 3.05) is 16.8 Å². The van der Waals surface area contributed by atoms with Gasteiger partial charge in [0.05, 0.1) is 6.04 Å². The second-order valence-corrected chi connectivity index (χ2v) is 8.63. The lowest BCUT2D eigenvalue weighted by Gasteiger charge is -2.21. The summed E-state index contributed by atoms with van der Waals surface area (Å²) in [6.45, 7) is 3.27. The van der Waals surface area contributed by atoms with Crippen molar-refractivity contribution >= 4 is 44.0 Å². The molecule has 0 radical (unpaired) electrons. The Balaban J connectivity index is 1.72. The van der Waals surface area contributed by atoms with Gasteiger partial charge in [0.2, 0.25) is 21.3 Å². The maximum Gasteiger partial charge on any atom is 0.270 e. The number of aromatic nitrogens is 2. The highest BCUT2D eigenvalue weighted by molar-refractivity contribution is 7.91. The van der Waals surface area contributed by atoms with E-state index in [2.05, 4.69) is 20.2 Å². The van der Waals surface area contributed by atoms with Crippen LogP contribution in [0.5, 0.6) is 0 Å². The van der Waals surface area contributed by atoms with Gasteiger partial charge in [-0.3, -0.25) is 9.59 Å². The molecule has 1 atom stereocenters. The lowest BCUT2D eigenvalue weighted by atomic mass is 10.2. The molecule has 138 valence electrons. The predicted octanol–water partition coefficient (Wildman–Crippen LogP) is 0.753. The van der Waals surface area contributed by atoms with Gasteiger partial charge in [0.15, 0.2) is 0 Å². The third-order valence-corrected chi connectivity index (χ3v) is 6.52. The van der Waals surface area contributed by atoms with Gasteiger partial charge in [-0.25, -0.2) is 8.42 Å². The average molecular weight is 395 g/mol. The molecule has 2 amide bonds. The van der Waals surface area contributed by atoms with Gasteiger partial charge in [-0.15, -0.1) is 10.2 Å². The number of para-hydroxylation sites is 1. The summed E-state index contributed by atoms with van der Waals surface area (Å²) in [5.41, 5.74) is 1.85. The number of amides is 2. The first-order chi connectivity index (χ1) is 12.3. The molecule has 1 aliphatic heterocycles. The normalized spacial score (nSPS) is 14.8. The maximum atomic E-state index is 12.7. The Hall–Kier alpha value is -2.37. The molecule has 0 fully saturated rings. The minimum atomic E-state index is -4.03. The molecule has 0 spiro atoms. The van der Waals surface area contributed by atoms with Crippen molar-refractivity contribution < 1.29 is 18.0 Å². The lowest BCUT2D eigenvalue weighted by molar-refractivity contribution is -0.119. The van der Waals surface area contributed by atoms with Crippen molar-refractivity contribution in [3.63, 3.8) is 0 Å². The fourth-order valence-corrected chi connectivity index (χ4v) is 4.81. The number of rotatable bonds is 5. The van der Waals surface area contributed by atoms with Crippen LogP contribution in [0.15, 0.2) is 28.6 Å². The largest absolute Gasteiger partial charge is 0.310 e. The maximum absolute atomic E-state index is 12.7. The van der Waals surface area contributed by atoms with Gasteiger partial charge >= 0.3 is 0 Å². The van der Waals surface area contributed by atoms with Crippen LogP contribution in [0.25, 0.3) is 0 Å². The molecule has 0 bridgehead atoms. The third-order valence-electron chi connectivity index (χ3n) is 3.77. The van der Waals surface area contributed by atoms with Crippen molar-refractivity contribution in [1.82, 2.24) is 14.9 Å². The van der Waals surface area contributed by atoms with Gasteiger partial charge in [-0.1, -0.05) is 29.5 Å². The van der Waals surface area contributed by atoms with E-state index in [1.807, 2.05) is 24.3 Å². The van der Waals surface area contributed by atoms with E-state index in [1.165, 1.54) is 13.8 Å². The van der Waals surface area contributed by atoms with E-state index in [-0.39, 0.29) is 21.3 Å². The van der Waals surface area contributed by atoms with E-state index < -0.39 is 16.1 Å². The van der Waals surface area contributed by atoms with Crippen LogP contribution in [0.3, 0.4) is 0 Å². The molecule has 0 saturated carbocycles. The number of anilines is 2. The number of carbonyl (C=O) groups is 2. The van der Waals surface area contributed by atoms with E-state index in [0.717, 1.165) is 17.7 Å². The molecule has 1 aromatic heterocycles. The van der Waals surface area contributed by atoms with E-state index in [9.17, 15) is 18.0 Å². The molecule has 0 aliphatic carbocycles. The first kappa shape index (κ1) is 18.4. The Morgan fingerprint density at radius 3 is 2.73 bits per heavy atom. The van der Waals surface area contributed by atoms with Crippen LogP contribution in [0, 0.1) is 0 Å². The van der Waals surface area contributed by atoms with E-state index in [0.29, 0.717) is 17.9 Å². The molecular weight excluding hydrogens is 378 g/mol. The summed E-state index contributed by atoms with van der Waals surface area (Å²) in [6, 6.07) is 6.55. The molecule has 2 N–H and O–H groups in total. The minimum Gasteiger partial charge on any atom is -0.310 e. The number of fused-ring (bicyclic) bond motifs is 1. The molecule has 3 rings (SSSR count). The monoisotopic (exact) mass is 395 g/mol. The number of sulfonamides is 1. The number of nitrogens with one attached hydrogen (secondary N) is 2. The zero-order valence-corrected chi connectivity index (χ0v) is 15.7. The zero-order chi connectivity index (χ0) is 18.9. The second-order valence-electron chi connectivity index (χ2n) is 5.77. The van der Waals surface area contributed by atoms with Crippen LogP contribution in [0.1, 0.15) is 19.4 Å². The molecule has 0 saturated heterocycles. The molecule has 2 aromatic rings. The lowest BCUT2D eigenvalue weighted by Crippen LogP contribution is -2.46. The van der Waals surface area contributed by atoms with E-state index in [4.69, 9.17) is 0 Å². The standard InChI is InChI=1S/C15H17N5O4S2/c1-9(13(22)20-8-7-11-5-3-4-6-12(11)20)19-26(23,24)15-18-17-14(25-15)16-10(2)21/h3-6,9,19H,7-8H2,1-2H3,(H,16,17,21)/t9-/m0/s1. The minimum absolute atomic E-state index is 0.0744. The summed E-state index contributed by atoms with van der Waals surface area (Å²) < 4.78 is 26.8. The quantitative estimate of drug-likeness (QED) is 0.721.